The van der Waals surface area contributed by atoms with Crippen LogP contribution in [0, 0.1) is 5.92 Å². The summed E-state index contributed by atoms with van der Waals surface area (Å²) >= 11 is 0. The first kappa shape index (κ1) is 13.2. The van der Waals surface area contributed by atoms with Crippen molar-refractivity contribution < 1.29 is 0 Å². The Morgan fingerprint density at radius 1 is 1.20 bits per heavy atom. The van der Waals surface area contributed by atoms with Crippen molar-refractivity contribution in [3.63, 3.8) is 0 Å². The smallest absolute Gasteiger partial charge is 0.0743 e. The molecule has 0 aliphatic heterocycles. The average molecular weight is 269 g/mol. The van der Waals surface area contributed by atoms with E-state index in [9.17, 15) is 0 Å². The van der Waals surface area contributed by atoms with Gasteiger partial charge < -0.3 is 10.6 Å². The number of rotatable bonds is 3. The van der Waals surface area contributed by atoms with Gasteiger partial charge in [-0.1, -0.05) is 19.3 Å². The summed E-state index contributed by atoms with van der Waals surface area (Å²) in [5.74, 6) is 0.839. The van der Waals surface area contributed by atoms with Gasteiger partial charge in [0.15, 0.2) is 0 Å². The zero-order valence-electron chi connectivity index (χ0n) is 12.2. The Morgan fingerprint density at radius 2 is 2.00 bits per heavy atom. The van der Waals surface area contributed by atoms with Gasteiger partial charge in [-0.2, -0.15) is 0 Å². The number of hydrogen-bond donors (Lipinski definition) is 1. The fraction of sp³-hybridized carbons (Fsp3) is 0.471. The molecule has 1 saturated carbocycles. The molecule has 0 bridgehead atoms. The molecule has 2 aromatic rings. The van der Waals surface area contributed by atoms with Crippen molar-refractivity contribution in [2.45, 2.75) is 32.1 Å². The van der Waals surface area contributed by atoms with E-state index in [2.05, 4.69) is 29.1 Å². The second-order valence-electron chi connectivity index (χ2n) is 5.99. The van der Waals surface area contributed by atoms with Crippen LogP contribution in [-0.2, 0) is 0 Å². The van der Waals surface area contributed by atoms with E-state index in [0.717, 1.165) is 23.7 Å². The van der Waals surface area contributed by atoms with Crippen molar-refractivity contribution in [3.8, 4) is 0 Å². The van der Waals surface area contributed by atoms with Crippen LogP contribution < -0.4 is 10.6 Å². The van der Waals surface area contributed by atoms with Crippen molar-refractivity contribution in [1.82, 2.24) is 4.98 Å². The topological polar surface area (TPSA) is 42.2 Å². The fourth-order valence-corrected chi connectivity index (χ4v) is 3.34. The van der Waals surface area contributed by atoms with E-state index in [-0.39, 0.29) is 0 Å². The molecule has 1 aliphatic carbocycles. The molecule has 0 radical (unpaired) electrons. The molecule has 1 aromatic heterocycles. The highest BCUT2D eigenvalue weighted by Gasteiger charge is 2.16. The summed E-state index contributed by atoms with van der Waals surface area (Å²) in [5.41, 5.74) is 8.87. The number of nitrogens with zero attached hydrogens (tertiary/aromatic N) is 2. The molecule has 20 heavy (non-hydrogen) atoms. The molecular weight excluding hydrogens is 246 g/mol. The van der Waals surface area contributed by atoms with Gasteiger partial charge in [-0.3, -0.25) is 4.98 Å². The number of nitrogens with two attached hydrogens (primary N) is 1. The van der Waals surface area contributed by atoms with Gasteiger partial charge in [0, 0.05) is 36.6 Å². The fourth-order valence-electron chi connectivity index (χ4n) is 3.34. The summed E-state index contributed by atoms with van der Waals surface area (Å²) in [7, 11) is 2.19. The van der Waals surface area contributed by atoms with E-state index in [0.29, 0.717) is 0 Å². The second kappa shape index (κ2) is 5.70. The van der Waals surface area contributed by atoms with Crippen molar-refractivity contribution in [2.75, 3.05) is 24.2 Å². The molecule has 1 fully saturated rings. The van der Waals surface area contributed by atoms with Crippen molar-refractivity contribution in [3.05, 3.63) is 30.5 Å². The second-order valence-corrected chi connectivity index (χ2v) is 5.99. The van der Waals surface area contributed by atoms with Gasteiger partial charge in [-0.25, -0.2) is 0 Å². The van der Waals surface area contributed by atoms with Gasteiger partial charge >= 0.3 is 0 Å². The quantitative estimate of drug-likeness (QED) is 0.861. The molecule has 3 heteroatoms. The Kier molecular flexibility index (Phi) is 3.77. The largest absolute Gasteiger partial charge is 0.399 e. The van der Waals surface area contributed by atoms with Gasteiger partial charge in [0.2, 0.25) is 0 Å². The van der Waals surface area contributed by atoms with Gasteiger partial charge in [-0.15, -0.1) is 0 Å². The molecule has 1 aromatic carbocycles. The summed E-state index contributed by atoms with van der Waals surface area (Å²) in [6.07, 6.45) is 8.84. The van der Waals surface area contributed by atoms with Gasteiger partial charge in [-0.05, 0) is 43.0 Å². The third-order valence-electron chi connectivity index (χ3n) is 4.41. The summed E-state index contributed by atoms with van der Waals surface area (Å²) in [6, 6.07) is 8.11. The van der Waals surface area contributed by atoms with E-state index in [1.165, 1.54) is 43.2 Å². The first-order chi connectivity index (χ1) is 9.74. The zero-order chi connectivity index (χ0) is 13.9. The first-order valence-electron chi connectivity index (χ1n) is 7.59. The van der Waals surface area contributed by atoms with Crippen molar-refractivity contribution in [2.24, 2.45) is 5.92 Å². The third-order valence-corrected chi connectivity index (χ3v) is 4.41. The van der Waals surface area contributed by atoms with E-state index < -0.39 is 0 Å². The van der Waals surface area contributed by atoms with Crippen LogP contribution in [0.25, 0.3) is 10.9 Å². The molecule has 0 spiro atoms. The number of anilines is 2. The zero-order valence-corrected chi connectivity index (χ0v) is 12.2. The minimum atomic E-state index is 0.775. The highest BCUT2D eigenvalue weighted by molar-refractivity contribution is 5.93. The maximum absolute atomic E-state index is 5.85. The molecule has 0 unspecified atom stereocenters. The maximum atomic E-state index is 5.85. The van der Waals surface area contributed by atoms with Crippen molar-refractivity contribution >= 4 is 22.3 Å². The number of pyridine rings is 1. The van der Waals surface area contributed by atoms with E-state index >= 15 is 0 Å². The van der Waals surface area contributed by atoms with Crippen LogP contribution >= 0.6 is 0 Å². The lowest BCUT2D eigenvalue weighted by Gasteiger charge is -2.29. The Hall–Kier alpha value is -1.77. The molecular formula is C17H23N3. The van der Waals surface area contributed by atoms with Crippen LogP contribution in [0.2, 0.25) is 0 Å². The lowest BCUT2D eigenvalue weighted by Crippen LogP contribution is -2.27. The molecule has 1 heterocycles. The molecule has 3 rings (SSSR count). The number of hydrogen-bond acceptors (Lipinski definition) is 3. The van der Waals surface area contributed by atoms with E-state index in [1.807, 2.05) is 18.3 Å². The SMILES string of the molecule is CN(CC1CCCCC1)c1ccnc2cc(N)ccc12. The molecule has 0 saturated heterocycles. The van der Waals surface area contributed by atoms with Crippen LogP contribution in [0.3, 0.4) is 0 Å². The number of nitrogen functional groups attached to an aromatic ring is 1. The van der Waals surface area contributed by atoms with E-state index in [1.54, 1.807) is 0 Å². The average Bonchev–Trinajstić information content (AvgIpc) is 2.47. The minimum Gasteiger partial charge on any atom is -0.399 e. The molecule has 3 nitrogen and oxygen atoms in total. The molecule has 0 amide bonds. The number of fused-ring (bicyclic) bond motifs is 1. The highest BCUT2D eigenvalue weighted by Crippen LogP contribution is 2.29. The Labute approximate surface area is 120 Å². The van der Waals surface area contributed by atoms with Crippen LogP contribution in [0.5, 0.6) is 0 Å². The monoisotopic (exact) mass is 269 g/mol. The Balaban J connectivity index is 1.85. The van der Waals surface area contributed by atoms with Gasteiger partial charge in [0.05, 0.1) is 5.52 Å². The normalized spacial score (nSPS) is 16.4. The first-order valence-corrected chi connectivity index (χ1v) is 7.59. The Morgan fingerprint density at radius 3 is 2.80 bits per heavy atom. The highest BCUT2D eigenvalue weighted by atomic mass is 15.1. The van der Waals surface area contributed by atoms with Crippen LogP contribution in [0.15, 0.2) is 30.5 Å². The molecule has 106 valence electrons. The van der Waals surface area contributed by atoms with Crippen LogP contribution in [-0.4, -0.2) is 18.6 Å². The number of aromatic nitrogens is 1. The van der Waals surface area contributed by atoms with Gasteiger partial charge in [0.1, 0.15) is 0 Å². The summed E-state index contributed by atoms with van der Waals surface area (Å²) < 4.78 is 0. The number of benzene rings is 1. The lowest BCUT2D eigenvalue weighted by atomic mass is 9.89. The molecule has 0 atom stereocenters. The van der Waals surface area contributed by atoms with Crippen LogP contribution in [0.1, 0.15) is 32.1 Å². The molecule has 2 N–H and O–H groups in total. The summed E-state index contributed by atoms with van der Waals surface area (Å²) in [6.45, 7) is 1.14. The molecule has 1 aliphatic rings. The third kappa shape index (κ3) is 2.72. The lowest BCUT2D eigenvalue weighted by molar-refractivity contribution is 0.362. The standard InChI is InChI=1S/C17H23N3/c1-20(12-13-5-3-2-4-6-13)17-9-10-19-16-11-14(18)7-8-15(16)17/h7-11,13H,2-6,12,18H2,1H3. The summed E-state index contributed by atoms with van der Waals surface area (Å²) in [5, 5.41) is 1.19. The minimum absolute atomic E-state index is 0.775. The predicted molar refractivity (Wildman–Crippen MR) is 86.0 cm³/mol. The Bertz CT molecular complexity index is 588. The van der Waals surface area contributed by atoms with Gasteiger partial charge in [0.25, 0.3) is 0 Å². The van der Waals surface area contributed by atoms with Crippen molar-refractivity contribution in [1.29, 1.82) is 0 Å². The predicted octanol–water partition coefficient (Wildman–Crippen LogP) is 3.83. The van der Waals surface area contributed by atoms with Crippen LogP contribution in [0.4, 0.5) is 11.4 Å². The summed E-state index contributed by atoms with van der Waals surface area (Å²) in [4.78, 5) is 6.81. The van der Waals surface area contributed by atoms with E-state index in [4.69, 9.17) is 5.73 Å². The maximum Gasteiger partial charge on any atom is 0.0743 e.